The van der Waals surface area contributed by atoms with E-state index in [0.717, 1.165) is 12.8 Å². The molecule has 0 aliphatic heterocycles. The Morgan fingerprint density at radius 1 is 1.69 bits per heavy atom. The molecule has 2 atom stereocenters. The first-order chi connectivity index (χ1) is 6.11. The van der Waals surface area contributed by atoms with Gasteiger partial charge in [-0.25, -0.2) is 0 Å². The van der Waals surface area contributed by atoms with Gasteiger partial charge in [-0.3, -0.25) is 4.79 Å². The molecule has 0 bridgehead atoms. The van der Waals surface area contributed by atoms with Crippen LogP contribution in [0.3, 0.4) is 0 Å². The van der Waals surface area contributed by atoms with Gasteiger partial charge in [0.25, 0.3) is 0 Å². The van der Waals surface area contributed by atoms with E-state index in [-0.39, 0.29) is 17.9 Å². The molecule has 13 heavy (non-hydrogen) atoms. The van der Waals surface area contributed by atoms with Crippen LogP contribution in [0.25, 0.3) is 0 Å². The fraction of sp³-hybridized carbons (Fsp3) is 0.700. The minimum Gasteiger partial charge on any atom is -0.369 e. The first-order valence-electron chi connectivity index (χ1n) is 4.60. The lowest BCUT2D eigenvalue weighted by molar-refractivity contribution is -0.121. The van der Waals surface area contributed by atoms with Crippen LogP contribution in [-0.2, 0) is 4.79 Å². The summed E-state index contributed by atoms with van der Waals surface area (Å²) in [6.45, 7) is 4.42. The molecule has 3 heteroatoms. The number of rotatable bonds is 6. The molecule has 0 aromatic heterocycles. The highest BCUT2D eigenvalue weighted by Crippen LogP contribution is 1.97. The second kappa shape index (κ2) is 6.50. The molecule has 74 valence electrons. The van der Waals surface area contributed by atoms with Crippen molar-refractivity contribution in [2.45, 2.75) is 32.7 Å². The van der Waals surface area contributed by atoms with Gasteiger partial charge in [0, 0.05) is 12.5 Å². The molecule has 0 spiro atoms. The smallest absolute Gasteiger partial charge is 0.221 e. The fourth-order valence-corrected chi connectivity index (χ4v) is 0.953. The fourth-order valence-electron chi connectivity index (χ4n) is 0.953. The van der Waals surface area contributed by atoms with Crippen molar-refractivity contribution in [3.63, 3.8) is 0 Å². The van der Waals surface area contributed by atoms with Gasteiger partial charge in [0.15, 0.2) is 0 Å². The lowest BCUT2D eigenvalue weighted by Crippen LogP contribution is -2.36. The van der Waals surface area contributed by atoms with E-state index in [2.05, 4.69) is 18.2 Å². The quantitative estimate of drug-likeness (QED) is 0.588. The van der Waals surface area contributed by atoms with Crippen molar-refractivity contribution in [2.75, 3.05) is 6.54 Å². The van der Waals surface area contributed by atoms with Gasteiger partial charge in [-0.2, -0.15) is 0 Å². The van der Waals surface area contributed by atoms with Crippen LogP contribution in [0.5, 0.6) is 0 Å². The SMILES string of the molecule is C#CC(CCC)NCC(C)C(N)=O. The van der Waals surface area contributed by atoms with Gasteiger partial charge in [0.05, 0.1) is 6.04 Å². The molecule has 0 heterocycles. The summed E-state index contributed by atoms with van der Waals surface area (Å²) in [6.07, 6.45) is 7.26. The number of nitrogens with one attached hydrogen (secondary N) is 1. The number of carbonyl (C=O) groups excluding carboxylic acids is 1. The number of nitrogens with two attached hydrogens (primary N) is 1. The molecule has 0 aliphatic carbocycles. The average molecular weight is 182 g/mol. The van der Waals surface area contributed by atoms with E-state index in [1.54, 1.807) is 6.92 Å². The van der Waals surface area contributed by atoms with E-state index < -0.39 is 0 Å². The summed E-state index contributed by atoms with van der Waals surface area (Å²) in [6, 6.07) is 0.0619. The summed E-state index contributed by atoms with van der Waals surface area (Å²) in [7, 11) is 0. The normalized spacial score (nSPS) is 14.5. The predicted octanol–water partition coefficient (Wildman–Crippen LogP) is 0.499. The van der Waals surface area contributed by atoms with Crippen molar-refractivity contribution in [3.8, 4) is 12.3 Å². The molecule has 0 fully saturated rings. The highest BCUT2D eigenvalue weighted by atomic mass is 16.1. The molecular formula is C10H18N2O. The monoisotopic (exact) mass is 182 g/mol. The zero-order valence-corrected chi connectivity index (χ0v) is 8.34. The Morgan fingerprint density at radius 3 is 2.69 bits per heavy atom. The number of terminal acetylenes is 1. The van der Waals surface area contributed by atoms with Crippen molar-refractivity contribution in [2.24, 2.45) is 11.7 Å². The standard InChI is InChI=1S/C10H18N2O/c1-4-6-9(5-2)12-7-8(3)10(11)13/h2,8-9,12H,4,6-7H2,1,3H3,(H2,11,13). The first-order valence-corrected chi connectivity index (χ1v) is 4.60. The van der Waals surface area contributed by atoms with Crippen LogP contribution in [0.4, 0.5) is 0 Å². The van der Waals surface area contributed by atoms with E-state index >= 15 is 0 Å². The Bertz CT molecular complexity index is 196. The van der Waals surface area contributed by atoms with Crippen LogP contribution >= 0.6 is 0 Å². The summed E-state index contributed by atoms with van der Waals surface area (Å²) in [5.41, 5.74) is 5.11. The van der Waals surface area contributed by atoms with Gasteiger partial charge < -0.3 is 11.1 Å². The number of primary amides is 1. The number of carbonyl (C=O) groups is 1. The number of amides is 1. The van der Waals surface area contributed by atoms with Crippen molar-refractivity contribution in [1.29, 1.82) is 0 Å². The molecule has 0 rings (SSSR count). The van der Waals surface area contributed by atoms with Gasteiger partial charge in [0.2, 0.25) is 5.91 Å². The molecule has 0 aromatic carbocycles. The first kappa shape index (κ1) is 12.0. The molecule has 0 radical (unpaired) electrons. The van der Waals surface area contributed by atoms with Crippen molar-refractivity contribution in [3.05, 3.63) is 0 Å². The largest absolute Gasteiger partial charge is 0.369 e. The summed E-state index contributed by atoms with van der Waals surface area (Å²) in [5, 5.41) is 3.11. The maximum absolute atomic E-state index is 10.7. The van der Waals surface area contributed by atoms with Crippen LogP contribution < -0.4 is 11.1 Å². The second-order valence-corrected chi connectivity index (χ2v) is 3.22. The topological polar surface area (TPSA) is 55.1 Å². The molecule has 0 aliphatic rings. The summed E-state index contributed by atoms with van der Waals surface area (Å²) >= 11 is 0. The molecule has 3 N–H and O–H groups in total. The van der Waals surface area contributed by atoms with E-state index in [0.29, 0.717) is 6.54 Å². The van der Waals surface area contributed by atoms with Gasteiger partial charge in [-0.05, 0) is 6.42 Å². The molecule has 0 saturated heterocycles. The third-order valence-corrected chi connectivity index (χ3v) is 1.93. The van der Waals surface area contributed by atoms with E-state index in [1.165, 1.54) is 0 Å². The Balaban J connectivity index is 3.73. The Kier molecular flexibility index (Phi) is 5.99. The Hall–Kier alpha value is -1.01. The summed E-state index contributed by atoms with van der Waals surface area (Å²) in [5.74, 6) is 2.18. The average Bonchev–Trinajstić information content (AvgIpc) is 2.11. The highest BCUT2D eigenvalue weighted by molar-refractivity contribution is 5.76. The van der Waals surface area contributed by atoms with Crippen LogP contribution in [0.1, 0.15) is 26.7 Å². The lowest BCUT2D eigenvalue weighted by Gasteiger charge is -2.14. The van der Waals surface area contributed by atoms with Crippen LogP contribution in [0.2, 0.25) is 0 Å². The predicted molar refractivity (Wildman–Crippen MR) is 53.9 cm³/mol. The molecule has 0 aromatic rings. The molecule has 1 amide bonds. The lowest BCUT2D eigenvalue weighted by atomic mass is 10.1. The van der Waals surface area contributed by atoms with Crippen molar-refractivity contribution >= 4 is 5.91 Å². The Morgan fingerprint density at radius 2 is 2.31 bits per heavy atom. The van der Waals surface area contributed by atoms with Crippen LogP contribution in [0, 0.1) is 18.3 Å². The van der Waals surface area contributed by atoms with Crippen LogP contribution in [0.15, 0.2) is 0 Å². The maximum atomic E-state index is 10.7. The molecule has 0 saturated carbocycles. The van der Waals surface area contributed by atoms with Gasteiger partial charge >= 0.3 is 0 Å². The van der Waals surface area contributed by atoms with Gasteiger partial charge in [-0.1, -0.05) is 26.2 Å². The molecule has 3 nitrogen and oxygen atoms in total. The van der Waals surface area contributed by atoms with E-state index in [1.807, 2.05) is 0 Å². The third-order valence-electron chi connectivity index (χ3n) is 1.93. The third kappa shape index (κ3) is 5.26. The number of hydrogen-bond donors (Lipinski definition) is 2. The number of hydrogen-bond acceptors (Lipinski definition) is 2. The van der Waals surface area contributed by atoms with E-state index in [4.69, 9.17) is 12.2 Å². The Labute approximate surface area is 80.1 Å². The van der Waals surface area contributed by atoms with Gasteiger partial charge in [-0.15, -0.1) is 6.42 Å². The summed E-state index contributed by atoms with van der Waals surface area (Å²) in [4.78, 5) is 10.7. The van der Waals surface area contributed by atoms with Crippen molar-refractivity contribution in [1.82, 2.24) is 5.32 Å². The van der Waals surface area contributed by atoms with Crippen molar-refractivity contribution < 1.29 is 4.79 Å². The van der Waals surface area contributed by atoms with E-state index in [9.17, 15) is 4.79 Å². The zero-order chi connectivity index (χ0) is 10.3. The second-order valence-electron chi connectivity index (χ2n) is 3.22. The highest BCUT2D eigenvalue weighted by Gasteiger charge is 2.10. The summed E-state index contributed by atoms with van der Waals surface area (Å²) < 4.78 is 0. The zero-order valence-electron chi connectivity index (χ0n) is 8.34. The minimum atomic E-state index is -0.292. The maximum Gasteiger partial charge on any atom is 0.221 e. The molecular weight excluding hydrogens is 164 g/mol. The minimum absolute atomic E-state index is 0.0619. The molecule has 2 unspecified atom stereocenters. The van der Waals surface area contributed by atoms with Gasteiger partial charge in [0.1, 0.15) is 0 Å². The van der Waals surface area contributed by atoms with Crippen LogP contribution in [-0.4, -0.2) is 18.5 Å².